The van der Waals surface area contributed by atoms with Gasteiger partial charge in [0.1, 0.15) is 5.82 Å². The third kappa shape index (κ3) is 1.34. The number of rotatable bonds is 1. The molecule has 1 atom stereocenters. The van der Waals surface area contributed by atoms with E-state index in [9.17, 15) is 4.39 Å². The largest absolute Gasteiger partial charge is 0.357 e. The number of halogens is 2. The van der Waals surface area contributed by atoms with Gasteiger partial charge in [-0.15, -0.1) is 0 Å². The van der Waals surface area contributed by atoms with Gasteiger partial charge in [0.15, 0.2) is 0 Å². The molecule has 0 bridgehead atoms. The molecule has 1 nitrogen and oxygen atoms in total. The number of nitrogens with one attached hydrogen (secondary N) is 1. The summed E-state index contributed by atoms with van der Waals surface area (Å²) in [5.41, 5.74) is 3.69. The minimum absolute atomic E-state index is 0.166. The molecule has 0 saturated heterocycles. The quantitative estimate of drug-likeness (QED) is 0.792. The molecule has 1 aliphatic carbocycles. The molecule has 2 aromatic rings. The van der Waals surface area contributed by atoms with Crippen LogP contribution < -0.4 is 0 Å². The maximum absolute atomic E-state index is 13.4. The molecule has 1 aromatic heterocycles. The number of aromatic nitrogens is 1. The van der Waals surface area contributed by atoms with Crippen LogP contribution in [-0.2, 0) is 6.42 Å². The predicted octanol–water partition coefficient (Wildman–Crippen LogP) is 4.51. The highest BCUT2D eigenvalue weighted by molar-refractivity contribution is 9.10. The molecule has 1 aliphatic rings. The van der Waals surface area contributed by atoms with Crippen LogP contribution in [0.3, 0.4) is 0 Å². The van der Waals surface area contributed by atoms with E-state index in [1.165, 1.54) is 23.7 Å². The van der Waals surface area contributed by atoms with Crippen molar-refractivity contribution >= 4 is 26.8 Å². The van der Waals surface area contributed by atoms with E-state index in [1.54, 1.807) is 6.07 Å². The third-order valence-electron chi connectivity index (χ3n) is 3.61. The lowest BCUT2D eigenvalue weighted by atomic mass is 10.1. The third-order valence-corrected chi connectivity index (χ3v) is 4.23. The molecule has 84 valence electrons. The van der Waals surface area contributed by atoms with Crippen molar-refractivity contribution < 1.29 is 4.39 Å². The molecule has 1 aromatic carbocycles. The van der Waals surface area contributed by atoms with Crippen molar-refractivity contribution in [3.8, 4) is 0 Å². The van der Waals surface area contributed by atoms with E-state index in [4.69, 9.17) is 0 Å². The van der Waals surface area contributed by atoms with Gasteiger partial charge < -0.3 is 4.98 Å². The normalized spacial score (nSPS) is 19.3. The summed E-state index contributed by atoms with van der Waals surface area (Å²) in [5.74, 6) is 0.457. The van der Waals surface area contributed by atoms with Crippen molar-refractivity contribution in [1.82, 2.24) is 4.98 Å². The summed E-state index contributed by atoms with van der Waals surface area (Å²) in [6.07, 6.45) is 3.42. The van der Waals surface area contributed by atoms with Crippen LogP contribution >= 0.6 is 15.9 Å². The topological polar surface area (TPSA) is 15.8 Å². The zero-order valence-corrected chi connectivity index (χ0v) is 10.7. The first-order chi connectivity index (χ1) is 7.70. The molecule has 0 fully saturated rings. The lowest BCUT2D eigenvalue weighted by Crippen LogP contribution is -1.91. The Bertz CT molecular complexity index is 559. The highest BCUT2D eigenvalue weighted by atomic mass is 79.9. The SMILES string of the molecule is CC[C@H]1CCc2c1[nH]c1c(Br)cc(F)cc21. The molecular weight excluding hydrogens is 269 g/mol. The molecule has 16 heavy (non-hydrogen) atoms. The van der Waals surface area contributed by atoms with Crippen molar-refractivity contribution in [2.75, 3.05) is 0 Å². The molecule has 0 unspecified atom stereocenters. The zero-order valence-electron chi connectivity index (χ0n) is 9.11. The van der Waals surface area contributed by atoms with Crippen molar-refractivity contribution in [3.05, 3.63) is 33.7 Å². The van der Waals surface area contributed by atoms with Crippen LogP contribution in [0.4, 0.5) is 4.39 Å². The number of hydrogen-bond acceptors (Lipinski definition) is 0. The van der Waals surface area contributed by atoms with Gasteiger partial charge in [-0.2, -0.15) is 0 Å². The number of aromatic amines is 1. The van der Waals surface area contributed by atoms with E-state index in [0.29, 0.717) is 5.92 Å². The molecule has 1 N–H and O–H groups in total. The highest BCUT2D eigenvalue weighted by Crippen LogP contribution is 2.41. The Kier molecular flexibility index (Phi) is 2.32. The van der Waals surface area contributed by atoms with Gasteiger partial charge >= 0.3 is 0 Å². The average molecular weight is 282 g/mol. The standard InChI is InChI=1S/C13H13BrFN/c1-2-7-3-4-9-10-5-8(15)6-11(14)13(10)16-12(7)9/h5-7,16H,2-4H2,1H3/t7-/m0/s1. The maximum Gasteiger partial charge on any atom is 0.125 e. The molecule has 0 radical (unpaired) electrons. The van der Waals surface area contributed by atoms with E-state index < -0.39 is 0 Å². The van der Waals surface area contributed by atoms with Crippen LogP contribution in [0.5, 0.6) is 0 Å². The second-order valence-electron chi connectivity index (χ2n) is 4.47. The second-order valence-corrected chi connectivity index (χ2v) is 5.33. The fraction of sp³-hybridized carbons (Fsp3) is 0.385. The molecule has 0 amide bonds. The average Bonchev–Trinajstić information content (AvgIpc) is 2.77. The van der Waals surface area contributed by atoms with E-state index in [2.05, 4.69) is 27.8 Å². The fourth-order valence-corrected chi connectivity index (χ4v) is 3.31. The second kappa shape index (κ2) is 3.59. The number of fused-ring (bicyclic) bond motifs is 3. The van der Waals surface area contributed by atoms with Gasteiger partial charge in [-0.25, -0.2) is 4.39 Å². The van der Waals surface area contributed by atoms with Crippen molar-refractivity contribution in [2.24, 2.45) is 0 Å². The Morgan fingerprint density at radius 3 is 3.06 bits per heavy atom. The van der Waals surface area contributed by atoms with Crippen LogP contribution in [0, 0.1) is 5.82 Å². The molecule has 3 rings (SSSR count). The highest BCUT2D eigenvalue weighted by Gasteiger charge is 2.26. The van der Waals surface area contributed by atoms with Gasteiger partial charge in [-0.05, 0) is 58.8 Å². The van der Waals surface area contributed by atoms with Gasteiger partial charge in [-0.1, -0.05) is 6.92 Å². The van der Waals surface area contributed by atoms with Crippen molar-refractivity contribution in [1.29, 1.82) is 0 Å². The molecular formula is C13H13BrFN. The number of benzene rings is 1. The molecule has 0 spiro atoms. The summed E-state index contributed by atoms with van der Waals surface area (Å²) >= 11 is 3.42. The predicted molar refractivity (Wildman–Crippen MR) is 67.3 cm³/mol. The minimum Gasteiger partial charge on any atom is -0.357 e. The minimum atomic E-state index is -0.166. The molecule has 3 heteroatoms. The number of aryl methyl sites for hydroxylation is 1. The zero-order chi connectivity index (χ0) is 11.3. The Hall–Kier alpha value is -0.830. The van der Waals surface area contributed by atoms with Crippen LogP contribution in [0.25, 0.3) is 10.9 Å². The summed E-state index contributed by atoms with van der Waals surface area (Å²) in [6, 6.07) is 3.17. The molecule has 1 heterocycles. The molecule has 0 saturated carbocycles. The Balaban J connectivity index is 2.31. The summed E-state index contributed by atoms with van der Waals surface area (Å²) in [4.78, 5) is 3.46. The first-order valence-electron chi connectivity index (χ1n) is 5.70. The monoisotopic (exact) mass is 281 g/mol. The first kappa shape index (κ1) is 10.3. The first-order valence-corrected chi connectivity index (χ1v) is 6.49. The van der Waals surface area contributed by atoms with E-state index in [1.807, 2.05) is 0 Å². The Morgan fingerprint density at radius 2 is 2.31 bits per heavy atom. The molecule has 0 aliphatic heterocycles. The summed E-state index contributed by atoms with van der Waals surface area (Å²) in [7, 11) is 0. The van der Waals surface area contributed by atoms with E-state index in [0.717, 1.165) is 28.2 Å². The maximum atomic E-state index is 13.4. The Labute approximate surface area is 102 Å². The fourth-order valence-electron chi connectivity index (χ4n) is 2.78. The van der Waals surface area contributed by atoms with Crippen LogP contribution in [-0.4, -0.2) is 4.98 Å². The van der Waals surface area contributed by atoms with E-state index >= 15 is 0 Å². The van der Waals surface area contributed by atoms with Crippen LogP contribution in [0.2, 0.25) is 0 Å². The van der Waals surface area contributed by atoms with Crippen molar-refractivity contribution in [2.45, 2.75) is 32.1 Å². The van der Waals surface area contributed by atoms with Gasteiger partial charge in [0.05, 0.1) is 5.52 Å². The van der Waals surface area contributed by atoms with Crippen LogP contribution in [0.15, 0.2) is 16.6 Å². The lowest BCUT2D eigenvalue weighted by Gasteiger charge is -2.04. The van der Waals surface area contributed by atoms with Gasteiger partial charge in [0.2, 0.25) is 0 Å². The van der Waals surface area contributed by atoms with E-state index in [-0.39, 0.29) is 5.82 Å². The van der Waals surface area contributed by atoms with Crippen molar-refractivity contribution in [3.63, 3.8) is 0 Å². The number of hydrogen-bond donors (Lipinski definition) is 1. The smallest absolute Gasteiger partial charge is 0.125 e. The number of H-pyrrole nitrogens is 1. The summed E-state index contributed by atoms with van der Waals surface area (Å²) in [5, 5.41) is 1.05. The summed E-state index contributed by atoms with van der Waals surface area (Å²) in [6.45, 7) is 2.21. The summed E-state index contributed by atoms with van der Waals surface area (Å²) < 4.78 is 14.2. The van der Waals surface area contributed by atoms with Crippen LogP contribution in [0.1, 0.15) is 36.9 Å². The van der Waals surface area contributed by atoms with Gasteiger partial charge in [0.25, 0.3) is 0 Å². The lowest BCUT2D eigenvalue weighted by molar-refractivity contribution is 0.628. The Morgan fingerprint density at radius 1 is 1.50 bits per heavy atom. The van der Waals surface area contributed by atoms with Gasteiger partial charge in [0, 0.05) is 15.6 Å². The van der Waals surface area contributed by atoms with Gasteiger partial charge in [-0.3, -0.25) is 0 Å².